The monoisotopic (exact) mass is 334 g/mol. The molecule has 0 radical (unpaired) electrons. The first-order valence-corrected chi connectivity index (χ1v) is 9.35. The molecule has 1 saturated heterocycles. The van der Waals surface area contributed by atoms with Gasteiger partial charge in [0.05, 0.1) is 12.7 Å². The third-order valence-corrected chi connectivity index (χ3v) is 4.99. The van der Waals surface area contributed by atoms with Crippen molar-refractivity contribution in [2.45, 2.75) is 59.1 Å². The predicted octanol–water partition coefficient (Wildman–Crippen LogP) is 3.23. The van der Waals surface area contributed by atoms with Crippen LogP contribution in [-0.2, 0) is 0 Å². The van der Waals surface area contributed by atoms with E-state index in [2.05, 4.69) is 57.0 Å². The van der Waals surface area contributed by atoms with Crippen LogP contribution in [0.2, 0.25) is 0 Å². The average molecular weight is 335 g/mol. The summed E-state index contributed by atoms with van der Waals surface area (Å²) < 4.78 is 5.94. The molecule has 0 aromatic heterocycles. The minimum atomic E-state index is -0.471. The van der Waals surface area contributed by atoms with Gasteiger partial charge in [0, 0.05) is 32.2 Å². The summed E-state index contributed by atoms with van der Waals surface area (Å²) in [5, 5.41) is 14.4. The van der Waals surface area contributed by atoms with E-state index in [0.717, 1.165) is 56.1 Å². The Morgan fingerprint density at radius 2 is 1.83 bits per heavy atom. The van der Waals surface area contributed by atoms with E-state index in [1.165, 1.54) is 5.56 Å². The van der Waals surface area contributed by atoms with Crippen molar-refractivity contribution in [1.29, 1.82) is 0 Å². The lowest BCUT2D eigenvalue weighted by Gasteiger charge is -2.36. The highest BCUT2D eigenvalue weighted by atomic mass is 16.5. The fourth-order valence-corrected chi connectivity index (χ4v) is 3.37. The Morgan fingerprint density at radius 3 is 2.42 bits per heavy atom. The minimum Gasteiger partial charge on any atom is -0.493 e. The second-order valence-corrected chi connectivity index (χ2v) is 7.22. The number of aliphatic hydroxyl groups is 1. The van der Waals surface area contributed by atoms with Gasteiger partial charge in [0.15, 0.2) is 0 Å². The molecule has 2 atom stereocenters. The van der Waals surface area contributed by atoms with Crippen molar-refractivity contribution >= 4 is 0 Å². The van der Waals surface area contributed by atoms with Gasteiger partial charge in [-0.15, -0.1) is 0 Å². The lowest BCUT2D eigenvalue weighted by molar-refractivity contribution is 0.0505. The van der Waals surface area contributed by atoms with Gasteiger partial charge in [-0.25, -0.2) is 0 Å². The first kappa shape index (κ1) is 19.2. The van der Waals surface area contributed by atoms with Gasteiger partial charge >= 0.3 is 0 Å². The van der Waals surface area contributed by atoms with Gasteiger partial charge in [-0.1, -0.05) is 20.8 Å². The second kappa shape index (κ2) is 8.84. The van der Waals surface area contributed by atoms with Gasteiger partial charge in [0.1, 0.15) is 5.75 Å². The number of hydrogen-bond donors (Lipinski definition) is 2. The zero-order valence-electron chi connectivity index (χ0n) is 15.9. The van der Waals surface area contributed by atoms with Crippen molar-refractivity contribution < 1.29 is 9.84 Å². The lowest BCUT2D eigenvalue weighted by Crippen LogP contribution is -2.49. The van der Waals surface area contributed by atoms with Crippen LogP contribution in [0.1, 0.15) is 62.8 Å². The van der Waals surface area contributed by atoms with Crippen LogP contribution in [0.5, 0.6) is 5.75 Å². The van der Waals surface area contributed by atoms with E-state index in [-0.39, 0.29) is 6.04 Å². The molecule has 136 valence electrons. The van der Waals surface area contributed by atoms with Crippen molar-refractivity contribution in [3.8, 4) is 5.75 Å². The number of ether oxygens (including phenoxy) is 1. The highest BCUT2D eigenvalue weighted by Gasteiger charge is 2.26. The van der Waals surface area contributed by atoms with Crippen LogP contribution >= 0.6 is 0 Å². The molecule has 0 aliphatic carbocycles. The Labute approximate surface area is 147 Å². The highest BCUT2D eigenvalue weighted by Crippen LogP contribution is 2.34. The number of nitrogens with one attached hydrogen (secondary N) is 1. The number of hydrogen-bond acceptors (Lipinski definition) is 4. The third kappa shape index (κ3) is 4.50. The van der Waals surface area contributed by atoms with Crippen LogP contribution in [0.4, 0.5) is 0 Å². The largest absolute Gasteiger partial charge is 0.493 e. The first-order valence-electron chi connectivity index (χ1n) is 9.35. The maximum atomic E-state index is 11.0. The molecule has 0 bridgehead atoms. The average Bonchev–Trinajstić information content (AvgIpc) is 2.59. The predicted molar refractivity (Wildman–Crippen MR) is 99.9 cm³/mol. The molecule has 24 heavy (non-hydrogen) atoms. The van der Waals surface area contributed by atoms with Gasteiger partial charge in [-0.3, -0.25) is 4.90 Å². The summed E-state index contributed by atoms with van der Waals surface area (Å²) in [5.74, 6) is 1.34. The van der Waals surface area contributed by atoms with Crippen LogP contribution in [0, 0.1) is 6.92 Å². The van der Waals surface area contributed by atoms with Crippen molar-refractivity contribution in [3.63, 3.8) is 0 Å². The maximum Gasteiger partial charge on any atom is 0.123 e. The summed E-state index contributed by atoms with van der Waals surface area (Å²) in [7, 11) is 0. The molecular formula is C20H34N2O2. The molecule has 2 unspecified atom stereocenters. The zero-order chi connectivity index (χ0) is 17.7. The van der Waals surface area contributed by atoms with Crippen LogP contribution in [0.15, 0.2) is 12.1 Å². The van der Waals surface area contributed by atoms with Gasteiger partial charge < -0.3 is 15.2 Å². The molecule has 1 aliphatic heterocycles. The summed E-state index contributed by atoms with van der Waals surface area (Å²) in [6.07, 6.45) is 0.530. The van der Waals surface area contributed by atoms with Crippen molar-refractivity contribution in [1.82, 2.24) is 10.2 Å². The van der Waals surface area contributed by atoms with Crippen LogP contribution < -0.4 is 10.1 Å². The molecule has 2 rings (SSSR count). The summed E-state index contributed by atoms with van der Waals surface area (Å²) in [6.45, 7) is 15.4. The summed E-state index contributed by atoms with van der Waals surface area (Å²) in [4.78, 5) is 2.37. The van der Waals surface area contributed by atoms with Gasteiger partial charge in [-0.05, 0) is 55.0 Å². The van der Waals surface area contributed by atoms with Gasteiger partial charge in [0.25, 0.3) is 0 Å². The van der Waals surface area contributed by atoms with Crippen LogP contribution in [0.3, 0.4) is 0 Å². The van der Waals surface area contributed by atoms with E-state index in [1.807, 2.05) is 0 Å². The van der Waals surface area contributed by atoms with Crippen LogP contribution in [-0.4, -0.2) is 48.8 Å². The van der Waals surface area contributed by atoms with E-state index in [1.54, 1.807) is 0 Å². The Hall–Kier alpha value is -1.10. The molecule has 0 amide bonds. The van der Waals surface area contributed by atoms with Crippen molar-refractivity contribution in [2.24, 2.45) is 0 Å². The van der Waals surface area contributed by atoms with E-state index in [9.17, 15) is 5.11 Å². The topological polar surface area (TPSA) is 44.7 Å². The Balaban J connectivity index is 2.26. The number of nitrogens with zero attached hydrogens (tertiary/aromatic N) is 1. The molecule has 0 spiro atoms. The third-order valence-electron chi connectivity index (χ3n) is 4.99. The Bertz CT molecular complexity index is 525. The highest BCUT2D eigenvalue weighted by molar-refractivity contribution is 5.45. The minimum absolute atomic E-state index is 0.119. The first-order chi connectivity index (χ1) is 11.5. The molecule has 4 heteroatoms. The molecule has 1 aliphatic rings. The van der Waals surface area contributed by atoms with E-state index >= 15 is 0 Å². The Morgan fingerprint density at radius 1 is 1.17 bits per heavy atom. The number of benzene rings is 1. The quantitative estimate of drug-likeness (QED) is 0.803. The van der Waals surface area contributed by atoms with E-state index in [4.69, 9.17) is 4.74 Å². The van der Waals surface area contributed by atoms with E-state index in [0.29, 0.717) is 5.92 Å². The summed E-state index contributed by atoms with van der Waals surface area (Å²) in [6, 6.07) is 4.38. The van der Waals surface area contributed by atoms with E-state index < -0.39 is 6.10 Å². The summed E-state index contributed by atoms with van der Waals surface area (Å²) in [5.41, 5.74) is 3.34. The molecular weight excluding hydrogens is 300 g/mol. The number of rotatable bonds is 7. The number of piperazine rings is 1. The fourth-order valence-electron chi connectivity index (χ4n) is 3.37. The molecule has 1 fully saturated rings. The number of aliphatic hydroxyl groups excluding tert-OH is 1. The van der Waals surface area contributed by atoms with Crippen molar-refractivity contribution in [3.05, 3.63) is 28.8 Å². The Kier molecular flexibility index (Phi) is 7.08. The molecule has 2 N–H and O–H groups in total. The fraction of sp³-hybridized carbons (Fsp3) is 0.700. The van der Waals surface area contributed by atoms with Crippen molar-refractivity contribution in [2.75, 3.05) is 32.8 Å². The molecule has 1 aromatic rings. The molecule has 4 nitrogen and oxygen atoms in total. The zero-order valence-corrected chi connectivity index (χ0v) is 15.9. The molecule has 1 aromatic carbocycles. The summed E-state index contributed by atoms with van der Waals surface area (Å²) >= 11 is 0. The SMILES string of the molecule is CCCOc1cc(C)c(C(O)C(C)N2CCNCC2)cc1C(C)C. The smallest absolute Gasteiger partial charge is 0.123 e. The number of aryl methyl sites for hydroxylation is 1. The van der Waals surface area contributed by atoms with Gasteiger partial charge in [0.2, 0.25) is 0 Å². The standard InChI is InChI=1S/C20H34N2O2/c1-6-11-24-19-12-15(4)18(13-17(19)14(2)3)20(23)16(5)22-9-7-21-8-10-22/h12-14,16,20-21,23H,6-11H2,1-5H3. The normalized spacial score (nSPS) is 18.6. The molecule has 1 heterocycles. The van der Waals surface area contributed by atoms with Gasteiger partial charge in [-0.2, -0.15) is 0 Å². The maximum absolute atomic E-state index is 11.0. The second-order valence-electron chi connectivity index (χ2n) is 7.22. The lowest BCUT2D eigenvalue weighted by atomic mass is 9.91. The van der Waals surface area contributed by atoms with Crippen LogP contribution in [0.25, 0.3) is 0 Å². The molecule has 0 saturated carbocycles.